The minimum absolute atomic E-state index is 0.332. The summed E-state index contributed by atoms with van der Waals surface area (Å²) >= 11 is 0. The van der Waals surface area contributed by atoms with Crippen LogP contribution in [0, 0.1) is 0 Å². The number of benzene rings is 5. The number of anilines is 8. The molecule has 9 rings (SSSR count). The van der Waals surface area contributed by atoms with Gasteiger partial charge < -0.3 is 79.4 Å². The average Bonchev–Trinajstić information content (AvgIpc) is 0.736. The highest BCUT2D eigenvalue weighted by Gasteiger charge is 2.34. The van der Waals surface area contributed by atoms with Crippen molar-refractivity contribution in [1.82, 2.24) is 21.3 Å². The number of nitrogens with one attached hydrogen (secondary N) is 4. The van der Waals surface area contributed by atoms with E-state index in [9.17, 15) is 38.4 Å². The molecule has 0 radical (unpaired) electrons. The average molecular weight is 1350 g/mol. The molecule has 0 aromatic heterocycles. The summed E-state index contributed by atoms with van der Waals surface area (Å²) in [5.41, 5.74) is 11.1. The van der Waals surface area contributed by atoms with E-state index < -0.39 is 48.0 Å². The van der Waals surface area contributed by atoms with Gasteiger partial charge in [-0.3, -0.25) is 19.2 Å². The van der Waals surface area contributed by atoms with Gasteiger partial charge in [-0.25, -0.2) is 19.2 Å². The fourth-order valence-corrected chi connectivity index (χ4v) is 13.2. The van der Waals surface area contributed by atoms with Gasteiger partial charge in [0.25, 0.3) is 0 Å². The number of piperidine rings is 4. The number of amides is 4. The summed E-state index contributed by atoms with van der Waals surface area (Å²) in [6.07, 6.45) is 13.1. The molecule has 98 heavy (non-hydrogen) atoms. The molecule has 4 saturated heterocycles. The van der Waals surface area contributed by atoms with E-state index >= 15 is 0 Å². The van der Waals surface area contributed by atoms with E-state index in [0.29, 0.717) is 146 Å². The molecule has 4 amide bonds. The lowest BCUT2D eigenvalue weighted by molar-refractivity contribution is -0.137. The first-order valence-electron chi connectivity index (χ1n) is 34.3. The van der Waals surface area contributed by atoms with Crippen LogP contribution in [0.2, 0.25) is 0 Å². The quantitative estimate of drug-likeness (QED) is 0.0208. The smallest absolute Gasteiger partial charge is 0.333 e. The summed E-state index contributed by atoms with van der Waals surface area (Å²) in [7, 11) is 15.2. The number of ether oxygens (including phenoxy) is 4. The Hall–Kier alpha value is -9.74. The number of carbonyl (C=O) groups excluding carboxylic acids is 8. The van der Waals surface area contributed by atoms with E-state index in [4.69, 9.17) is 18.9 Å². The van der Waals surface area contributed by atoms with Crippen LogP contribution in [-0.4, -0.2) is 182 Å². The van der Waals surface area contributed by atoms with Crippen LogP contribution in [0.5, 0.6) is 23.0 Å². The first-order chi connectivity index (χ1) is 47.1. The van der Waals surface area contributed by atoms with Gasteiger partial charge in [-0.15, -0.1) is 0 Å². The van der Waals surface area contributed by atoms with E-state index in [-0.39, 0.29) is 0 Å². The summed E-state index contributed by atoms with van der Waals surface area (Å²) in [4.78, 5) is 120. The zero-order valence-corrected chi connectivity index (χ0v) is 59.0. The minimum Gasteiger partial charge on any atom is -0.421 e. The lowest BCUT2D eigenvalue weighted by atomic mass is 9.84. The molecule has 4 atom stereocenters. The zero-order valence-electron chi connectivity index (χ0n) is 59.0. The molecule has 0 aliphatic carbocycles. The fourth-order valence-electron chi connectivity index (χ4n) is 13.2. The molecule has 4 heterocycles. The van der Waals surface area contributed by atoms with Gasteiger partial charge in [0.2, 0.25) is 25.6 Å². The first-order valence-corrected chi connectivity index (χ1v) is 34.3. The summed E-state index contributed by atoms with van der Waals surface area (Å²) in [6, 6.07) is 17.0. The van der Waals surface area contributed by atoms with Crippen LogP contribution < -0.4 is 79.4 Å². The van der Waals surface area contributed by atoms with Crippen LogP contribution >= 0.6 is 0 Å². The molecular weight excluding hydrogens is 1250 g/mol. The highest BCUT2D eigenvalue weighted by molar-refractivity contribution is 6.02. The van der Waals surface area contributed by atoms with Crippen molar-refractivity contribution < 1.29 is 57.3 Å². The van der Waals surface area contributed by atoms with Crippen molar-refractivity contribution in [1.29, 1.82) is 0 Å². The number of esters is 4. The third-order valence-electron chi connectivity index (χ3n) is 18.8. The first kappa shape index (κ1) is 72.5. The van der Waals surface area contributed by atoms with Crippen LogP contribution in [-0.2, 0) is 38.4 Å². The van der Waals surface area contributed by atoms with Gasteiger partial charge in [-0.1, -0.05) is 0 Å². The van der Waals surface area contributed by atoms with Crippen molar-refractivity contribution in [2.75, 3.05) is 148 Å². The number of nitrogens with zero attached hydrogens (tertiary/aromatic N) is 8. The van der Waals surface area contributed by atoms with E-state index in [1.807, 2.05) is 100 Å². The van der Waals surface area contributed by atoms with Gasteiger partial charge in [0.05, 0.1) is 45.5 Å². The normalized spacial score (nSPS) is 16.0. The maximum absolute atomic E-state index is 14.1. The van der Waals surface area contributed by atoms with Crippen LogP contribution in [0.3, 0.4) is 0 Å². The van der Waals surface area contributed by atoms with Gasteiger partial charge in [-0.2, -0.15) is 0 Å². The highest BCUT2D eigenvalue weighted by Crippen LogP contribution is 2.54. The largest absolute Gasteiger partial charge is 0.421 e. The van der Waals surface area contributed by atoms with E-state index in [1.165, 1.54) is 0 Å². The molecule has 24 nitrogen and oxygen atoms in total. The van der Waals surface area contributed by atoms with Gasteiger partial charge in [0.15, 0.2) is 23.0 Å². The Kier molecular flexibility index (Phi) is 24.4. The summed E-state index contributed by atoms with van der Waals surface area (Å²) in [6.45, 7) is 11.7. The number of rotatable bonds is 28. The second-order valence-electron chi connectivity index (χ2n) is 26.8. The van der Waals surface area contributed by atoms with Crippen molar-refractivity contribution >= 4 is 95.0 Å². The molecule has 5 aromatic carbocycles. The molecule has 0 spiro atoms. The van der Waals surface area contributed by atoms with E-state index in [1.54, 1.807) is 27.7 Å². The number of hydrogen-bond acceptors (Lipinski definition) is 20. The van der Waals surface area contributed by atoms with Crippen molar-refractivity contribution in [3.8, 4) is 67.5 Å². The summed E-state index contributed by atoms with van der Waals surface area (Å²) in [5, 5.41) is 10.3. The Morgan fingerprint density at radius 1 is 0.316 bits per heavy atom. The molecule has 24 heteroatoms. The molecule has 0 bridgehead atoms. The molecule has 4 aliphatic heterocycles. The van der Waals surface area contributed by atoms with Crippen molar-refractivity contribution in [2.45, 2.75) is 129 Å². The van der Waals surface area contributed by atoms with Crippen LogP contribution in [0.25, 0.3) is 44.5 Å². The third-order valence-corrected chi connectivity index (χ3v) is 18.8. The molecule has 4 aliphatic rings. The zero-order chi connectivity index (χ0) is 70.5. The second-order valence-corrected chi connectivity index (χ2v) is 26.8. The van der Waals surface area contributed by atoms with Gasteiger partial charge in [0, 0.05) is 109 Å². The topological polar surface area (TPSA) is 248 Å². The molecule has 4 N–H and O–H groups in total. The van der Waals surface area contributed by atoms with Gasteiger partial charge in [-0.05, 0) is 210 Å². The van der Waals surface area contributed by atoms with E-state index in [2.05, 4.69) is 77.3 Å². The van der Waals surface area contributed by atoms with Gasteiger partial charge >= 0.3 is 23.9 Å². The second kappa shape index (κ2) is 33.0. The highest BCUT2D eigenvalue weighted by atomic mass is 16.6. The Morgan fingerprint density at radius 3 is 0.663 bits per heavy atom. The molecule has 4 fully saturated rings. The SMILES string of the molecule is C[C@@H](NC=O)C(=O)Oc1c(N(C)C)cc(-c2cc(-c3cc(N(C)C)c(OC(=O)[C@@H](C)NC=O)c(N4CCCCC4)c3)c(-c3cc(N(C)C)c(OC(=O)[C@@H](C)NC=O)c(N4CCCCC4)c3)cc2-c2cc(N(C)C)c(OC(=O)[C@@H](C)NC=O)c(N3CCCCC3)c2)cc1N1CCCCC1. The van der Waals surface area contributed by atoms with Crippen LogP contribution in [0.4, 0.5) is 45.5 Å². The van der Waals surface area contributed by atoms with Crippen molar-refractivity contribution in [3.05, 3.63) is 60.7 Å². The lowest BCUT2D eigenvalue weighted by Crippen LogP contribution is -2.37. The van der Waals surface area contributed by atoms with Crippen LogP contribution in [0.1, 0.15) is 105 Å². The minimum atomic E-state index is -0.967. The molecule has 0 unspecified atom stereocenters. The standard InChI is InChI=1S/C74H98N12O12/c1-47(75-43-87)71(91)95-67-59(79(5)6)33-51(37-63(67)83-25-17-13-18-26-83)55-41-57(53-35-61(81(9)10)69(97-73(93)49(3)77-45-89)65(39-53)85-29-21-15-22-30-85)58(54-36-62(82(11)12)70(98-74(94)50(4)78-46-90)66(40-54)86-31-23-16-24-32-86)42-56(55)52-34-60(80(7)8)68(96-72(92)48(2)76-44-88)64(38-52)84-27-19-14-20-28-84/h33-50H,13-32H2,1-12H3,(H,75,87)(H,76,88)(H,77,89)(H,78,90)/t47-,48-,49-,50-/m1/s1. The predicted molar refractivity (Wildman–Crippen MR) is 387 cm³/mol. The van der Waals surface area contributed by atoms with E-state index in [0.717, 1.165) is 122 Å². The van der Waals surface area contributed by atoms with Crippen molar-refractivity contribution in [2.24, 2.45) is 0 Å². The lowest BCUT2D eigenvalue weighted by Gasteiger charge is -2.34. The maximum atomic E-state index is 14.1. The Bertz CT molecular complexity index is 3250. The Balaban J connectivity index is 1.50. The maximum Gasteiger partial charge on any atom is 0.333 e. The monoisotopic (exact) mass is 1350 g/mol. The Morgan fingerprint density at radius 2 is 0.500 bits per heavy atom. The van der Waals surface area contributed by atoms with Gasteiger partial charge in [0.1, 0.15) is 24.2 Å². The predicted octanol–water partition coefficient (Wildman–Crippen LogP) is 8.74. The van der Waals surface area contributed by atoms with Crippen LogP contribution in [0.15, 0.2) is 60.7 Å². The number of hydrogen-bond donors (Lipinski definition) is 4. The fraction of sp³-hybridized carbons (Fsp3) is 0.486. The van der Waals surface area contributed by atoms with Crippen molar-refractivity contribution in [3.63, 3.8) is 0 Å². The third kappa shape index (κ3) is 16.6. The summed E-state index contributed by atoms with van der Waals surface area (Å²) < 4.78 is 25.8. The molecular formula is C74H98N12O12. The molecule has 0 saturated carbocycles. The summed E-state index contributed by atoms with van der Waals surface area (Å²) in [5.74, 6) is -1.24. The molecule has 5 aromatic rings. The Labute approximate surface area is 576 Å². The molecule has 526 valence electrons. The number of carbonyl (C=O) groups is 8.